The first-order valence-electron chi connectivity index (χ1n) is 6.86. The molecule has 0 saturated heterocycles. The Morgan fingerprint density at radius 1 is 1.10 bits per heavy atom. The number of nitriles is 1. The van der Waals surface area contributed by atoms with E-state index in [1.165, 1.54) is 0 Å². The number of carbonyl (C=O) groups excluding carboxylic acids is 2. The molecule has 0 aliphatic heterocycles. The molecule has 20 heavy (non-hydrogen) atoms. The van der Waals surface area contributed by atoms with Gasteiger partial charge in [0, 0.05) is 18.4 Å². The summed E-state index contributed by atoms with van der Waals surface area (Å²) in [6, 6.07) is 8.67. The van der Waals surface area contributed by atoms with Crippen LogP contribution in [0, 0.1) is 11.3 Å². The zero-order chi connectivity index (χ0) is 14.8. The number of ketones is 1. The van der Waals surface area contributed by atoms with Crippen molar-refractivity contribution in [2.24, 2.45) is 0 Å². The van der Waals surface area contributed by atoms with Crippen molar-refractivity contribution in [2.45, 2.75) is 39.0 Å². The standard InChI is InChI=1S/C16H19NO3/c1-2-20-16(19)7-5-3-4-6-15(18)14-10-8-13(12-17)9-11-14/h8-11H,2-7H2,1H3. The van der Waals surface area contributed by atoms with Crippen LogP contribution in [0.5, 0.6) is 0 Å². The maximum Gasteiger partial charge on any atom is 0.305 e. The highest BCUT2D eigenvalue weighted by Gasteiger charge is 2.06. The lowest BCUT2D eigenvalue weighted by Crippen LogP contribution is -2.03. The fraction of sp³-hybridized carbons (Fsp3) is 0.438. The maximum absolute atomic E-state index is 11.9. The van der Waals surface area contributed by atoms with Crippen LogP contribution in [0.3, 0.4) is 0 Å². The normalized spacial score (nSPS) is 9.80. The fourth-order valence-corrected chi connectivity index (χ4v) is 1.84. The monoisotopic (exact) mass is 273 g/mol. The third kappa shape index (κ3) is 5.66. The van der Waals surface area contributed by atoms with Crippen molar-refractivity contribution < 1.29 is 14.3 Å². The van der Waals surface area contributed by atoms with Gasteiger partial charge in [0.05, 0.1) is 18.2 Å². The molecule has 1 aromatic rings. The number of hydrogen-bond acceptors (Lipinski definition) is 4. The van der Waals surface area contributed by atoms with E-state index in [0.717, 1.165) is 19.3 Å². The lowest BCUT2D eigenvalue weighted by atomic mass is 10.0. The Bertz CT molecular complexity index is 485. The highest BCUT2D eigenvalue weighted by molar-refractivity contribution is 5.96. The second-order valence-corrected chi connectivity index (χ2v) is 4.48. The molecule has 4 nitrogen and oxygen atoms in total. The number of Topliss-reactive ketones (excluding diaryl/α,β-unsaturated/α-hetero) is 1. The molecule has 0 N–H and O–H groups in total. The Morgan fingerprint density at radius 2 is 1.75 bits per heavy atom. The van der Waals surface area contributed by atoms with Gasteiger partial charge in [0.25, 0.3) is 0 Å². The molecule has 0 spiro atoms. The van der Waals surface area contributed by atoms with Crippen LogP contribution >= 0.6 is 0 Å². The molecule has 0 amide bonds. The molecule has 0 bridgehead atoms. The number of rotatable bonds is 8. The van der Waals surface area contributed by atoms with E-state index in [9.17, 15) is 9.59 Å². The number of unbranched alkanes of at least 4 members (excludes halogenated alkanes) is 2. The molecular weight excluding hydrogens is 254 g/mol. The lowest BCUT2D eigenvalue weighted by molar-refractivity contribution is -0.143. The van der Waals surface area contributed by atoms with Crippen molar-refractivity contribution in [3.63, 3.8) is 0 Å². The van der Waals surface area contributed by atoms with Crippen LogP contribution in [0.1, 0.15) is 54.9 Å². The van der Waals surface area contributed by atoms with Crippen molar-refractivity contribution in [2.75, 3.05) is 6.61 Å². The van der Waals surface area contributed by atoms with Gasteiger partial charge >= 0.3 is 5.97 Å². The molecule has 0 heterocycles. The van der Waals surface area contributed by atoms with Crippen molar-refractivity contribution in [3.05, 3.63) is 35.4 Å². The van der Waals surface area contributed by atoms with E-state index in [2.05, 4.69) is 0 Å². The van der Waals surface area contributed by atoms with Gasteiger partial charge in [-0.3, -0.25) is 9.59 Å². The summed E-state index contributed by atoms with van der Waals surface area (Å²) < 4.78 is 4.83. The summed E-state index contributed by atoms with van der Waals surface area (Å²) in [6.07, 6.45) is 3.23. The first-order chi connectivity index (χ1) is 9.67. The molecule has 0 saturated carbocycles. The fourth-order valence-electron chi connectivity index (χ4n) is 1.84. The Labute approximate surface area is 119 Å². The summed E-state index contributed by atoms with van der Waals surface area (Å²) in [7, 11) is 0. The van der Waals surface area contributed by atoms with Crippen molar-refractivity contribution >= 4 is 11.8 Å². The number of esters is 1. The van der Waals surface area contributed by atoms with Crippen molar-refractivity contribution in [3.8, 4) is 6.07 Å². The molecule has 0 aliphatic carbocycles. The minimum atomic E-state index is -0.175. The zero-order valence-corrected chi connectivity index (χ0v) is 11.7. The third-order valence-corrected chi connectivity index (χ3v) is 2.93. The molecular formula is C16H19NO3. The lowest BCUT2D eigenvalue weighted by Gasteiger charge is -2.02. The number of carbonyl (C=O) groups is 2. The molecule has 0 fully saturated rings. The van der Waals surface area contributed by atoms with Crippen molar-refractivity contribution in [1.29, 1.82) is 5.26 Å². The van der Waals surface area contributed by atoms with E-state index < -0.39 is 0 Å². The zero-order valence-electron chi connectivity index (χ0n) is 11.7. The molecule has 0 aromatic heterocycles. The van der Waals surface area contributed by atoms with Gasteiger partial charge in [0.15, 0.2) is 5.78 Å². The van der Waals surface area contributed by atoms with Crippen LogP contribution < -0.4 is 0 Å². The molecule has 0 unspecified atom stereocenters. The Balaban J connectivity index is 2.23. The smallest absolute Gasteiger partial charge is 0.305 e. The molecule has 4 heteroatoms. The summed E-state index contributed by atoms with van der Waals surface area (Å²) in [6.45, 7) is 2.20. The van der Waals surface area contributed by atoms with E-state index in [1.54, 1.807) is 31.2 Å². The van der Waals surface area contributed by atoms with Crippen LogP contribution in [0.4, 0.5) is 0 Å². The van der Waals surface area contributed by atoms with Crippen LogP contribution in [-0.2, 0) is 9.53 Å². The molecule has 0 atom stereocenters. The number of nitrogens with zero attached hydrogens (tertiary/aromatic N) is 1. The van der Waals surface area contributed by atoms with Crippen LogP contribution in [-0.4, -0.2) is 18.4 Å². The third-order valence-electron chi connectivity index (χ3n) is 2.93. The number of hydrogen-bond donors (Lipinski definition) is 0. The molecule has 0 radical (unpaired) electrons. The summed E-state index contributed by atoms with van der Waals surface area (Å²) >= 11 is 0. The molecule has 1 rings (SSSR count). The quantitative estimate of drug-likeness (QED) is 0.414. The highest BCUT2D eigenvalue weighted by Crippen LogP contribution is 2.10. The van der Waals surface area contributed by atoms with Gasteiger partial charge in [-0.05, 0) is 31.9 Å². The summed E-state index contributed by atoms with van der Waals surface area (Å²) in [5.41, 5.74) is 1.19. The maximum atomic E-state index is 11.9. The first kappa shape index (κ1) is 15.9. The molecule has 106 valence electrons. The van der Waals surface area contributed by atoms with Gasteiger partial charge in [-0.1, -0.05) is 18.6 Å². The second-order valence-electron chi connectivity index (χ2n) is 4.48. The molecule has 0 aliphatic rings. The van der Waals surface area contributed by atoms with Gasteiger partial charge in [0.1, 0.15) is 0 Å². The largest absolute Gasteiger partial charge is 0.466 e. The number of ether oxygens (including phenoxy) is 1. The van der Waals surface area contributed by atoms with Gasteiger partial charge < -0.3 is 4.74 Å². The average Bonchev–Trinajstić information content (AvgIpc) is 2.47. The van der Waals surface area contributed by atoms with Gasteiger partial charge in [-0.15, -0.1) is 0 Å². The molecule has 1 aromatic carbocycles. The van der Waals surface area contributed by atoms with E-state index >= 15 is 0 Å². The van der Waals surface area contributed by atoms with E-state index in [-0.39, 0.29) is 11.8 Å². The minimum absolute atomic E-state index is 0.0747. The van der Waals surface area contributed by atoms with Gasteiger partial charge in [0.2, 0.25) is 0 Å². The predicted molar refractivity (Wildman–Crippen MR) is 75.2 cm³/mol. The topological polar surface area (TPSA) is 67.2 Å². The summed E-state index contributed by atoms with van der Waals surface area (Å²) in [4.78, 5) is 23.0. The van der Waals surface area contributed by atoms with Crippen LogP contribution in [0.25, 0.3) is 0 Å². The Morgan fingerprint density at radius 3 is 2.35 bits per heavy atom. The summed E-state index contributed by atoms with van der Waals surface area (Å²) in [5, 5.41) is 8.68. The summed E-state index contributed by atoms with van der Waals surface area (Å²) in [5.74, 6) is -0.100. The van der Waals surface area contributed by atoms with Crippen LogP contribution in [0.2, 0.25) is 0 Å². The van der Waals surface area contributed by atoms with Gasteiger partial charge in [-0.25, -0.2) is 0 Å². The minimum Gasteiger partial charge on any atom is -0.466 e. The SMILES string of the molecule is CCOC(=O)CCCCCC(=O)c1ccc(C#N)cc1. The van der Waals surface area contributed by atoms with Gasteiger partial charge in [-0.2, -0.15) is 5.26 Å². The second kappa shape index (κ2) is 8.87. The first-order valence-corrected chi connectivity index (χ1v) is 6.86. The Kier molecular flexibility index (Phi) is 7.05. The average molecular weight is 273 g/mol. The van der Waals surface area contributed by atoms with Crippen molar-refractivity contribution in [1.82, 2.24) is 0 Å². The Hall–Kier alpha value is -2.15. The van der Waals surface area contributed by atoms with E-state index in [0.29, 0.717) is 30.6 Å². The van der Waals surface area contributed by atoms with Crippen LogP contribution in [0.15, 0.2) is 24.3 Å². The van der Waals surface area contributed by atoms with E-state index in [1.807, 2.05) is 6.07 Å². The highest BCUT2D eigenvalue weighted by atomic mass is 16.5. The number of benzene rings is 1. The predicted octanol–water partition coefficient (Wildman–Crippen LogP) is 3.25. The van der Waals surface area contributed by atoms with E-state index in [4.69, 9.17) is 10.00 Å².